The second-order valence-electron chi connectivity index (χ2n) is 7.26. The molecule has 32 heavy (non-hydrogen) atoms. The summed E-state index contributed by atoms with van der Waals surface area (Å²) >= 11 is 0. The van der Waals surface area contributed by atoms with E-state index in [-0.39, 0.29) is 16.3 Å². The zero-order chi connectivity index (χ0) is 23.0. The average Bonchev–Trinajstić information content (AvgIpc) is 3.08. The Morgan fingerprint density at radius 3 is 2.56 bits per heavy atom. The minimum atomic E-state index is -3.64. The van der Waals surface area contributed by atoms with Gasteiger partial charge in [0, 0.05) is 25.0 Å². The SMILES string of the molecule is CCOc1ncccc1C(=O)OCC(=O)Nc1cccc(S(=O)(=O)N2CCCCCC2)c1. The summed E-state index contributed by atoms with van der Waals surface area (Å²) in [5.74, 6) is -1.20. The normalized spacial score (nSPS) is 14.9. The number of nitrogens with zero attached hydrogens (tertiary/aromatic N) is 2. The van der Waals surface area contributed by atoms with Crippen LogP contribution in [0.4, 0.5) is 5.69 Å². The van der Waals surface area contributed by atoms with Crippen molar-refractivity contribution in [3.8, 4) is 5.88 Å². The number of pyridine rings is 1. The van der Waals surface area contributed by atoms with Gasteiger partial charge in [-0.15, -0.1) is 0 Å². The van der Waals surface area contributed by atoms with Crippen molar-refractivity contribution in [2.75, 3.05) is 31.6 Å². The molecule has 1 saturated heterocycles. The number of amides is 1. The Kier molecular flexibility index (Phi) is 8.18. The van der Waals surface area contributed by atoms with Crippen LogP contribution in [0.25, 0.3) is 0 Å². The Morgan fingerprint density at radius 1 is 1.09 bits per heavy atom. The maximum absolute atomic E-state index is 13.0. The molecule has 0 unspecified atom stereocenters. The number of ether oxygens (including phenoxy) is 2. The minimum absolute atomic E-state index is 0.117. The van der Waals surface area contributed by atoms with Gasteiger partial charge >= 0.3 is 5.97 Å². The van der Waals surface area contributed by atoms with Gasteiger partial charge in [0.05, 0.1) is 11.5 Å². The smallest absolute Gasteiger partial charge is 0.344 e. The average molecular weight is 462 g/mol. The van der Waals surface area contributed by atoms with Crippen LogP contribution in [0.3, 0.4) is 0 Å². The topological polar surface area (TPSA) is 115 Å². The zero-order valence-corrected chi connectivity index (χ0v) is 18.8. The van der Waals surface area contributed by atoms with Gasteiger partial charge in [-0.1, -0.05) is 18.9 Å². The maximum atomic E-state index is 13.0. The first-order valence-corrected chi connectivity index (χ1v) is 12.0. The Labute approximate surface area is 187 Å². The van der Waals surface area contributed by atoms with Gasteiger partial charge in [0.1, 0.15) is 5.56 Å². The largest absolute Gasteiger partial charge is 0.477 e. The number of aromatic nitrogens is 1. The Hall–Kier alpha value is -2.98. The highest BCUT2D eigenvalue weighted by Crippen LogP contribution is 2.23. The molecular weight excluding hydrogens is 434 g/mol. The molecule has 1 amide bonds. The van der Waals surface area contributed by atoms with Gasteiger partial charge in [0.15, 0.2) is 6.61 Å². The molecule has 3 rings (SSSR count). The van der Waals surface area contributed by atoms with Gasteiger partial charge in [0.25, 0.3) is 5.91 Å². The minimum Gasteiger partial charge on any atom is -0.477 e. The van der Waals surface area contributed by atoms with Crippen molar-refractivity contribution < 1.29 is 27.5 Å². The van der Waals surface area contributed by atoms with Crippen LogP contribution in [0.5, 0.6) is 5.88 Å². The molecule has 1 aromatic carbocycles. The van der Waals surface area contributed by atoms with Gasteiger partial charge in [0.2, 0.25) is 15.9 Å². The first-order valence-electron chi connectivity index (χ1n) is 10.6. The van der Waals surface area contributed by atoms with Crippen molar-refractivity contribution in [2.24, 2.45) is 0 Å². The molecule has 10 heteroatoms. The van der Waals surface area contributed by atoms with Crippen molar-refractivity contribution in [3.63, 3.8) is 0 Å². The van der Waals surface area contributed by atoms with Crippen LogP contribution in [-0.2, 0) is 19.6 Å². The molecule has 1 aliphatic rings. The number of esters is 1. The summed E-state index contributed by atoms with van der Waals surface area (Å²) in [6.45, 7) is 2.54. The number of rotatable bonds is 8. The van der Waals surface area contributed by atoms with E-state index in [9.17, 15) is 18.0 Å². The highest BCUT2D eigenvalue weighted by Gasteiger charge is 2.25. The van der Waals surface area contributed by atoms with Gasteiger partial charge in [-0.2, -0.15) is 4.31 Å². The third kappa shape index (κ3) is 6.04. The highest BCUT2D eigenvalue weighted by molar-refractivity contribution is 7.89. The number of sulfonamides is 1. The molecule has 1 aromatic heterocycles. The van der Waals surface area contributed by atoms with E-state index in [2.05, 4.69) is 10.3 Å². The van der Waals surface area contributed by atoms with Gasteiger partial charge in [-0.3, -0.25) is 4.79 Å². The molecule has 2 heterocycles. The third-order valence-electron chi connectivity index (χ3n) is 4.93. The second-order valence-corrected chi connectivity index (χ2v) is 9.20. The number of nitrogens with one attached hydrogen (secondary N) is 1. The molecule has 0 saturated carbocycles. The Bertz CT molecular complexity index is 1050. The molecule has 2 aromatic rings. The van der Waals surface area contributed by atoms with Crippen LogP contribution in [0.1, 0.15) is 43.0 Å². The summed E-state index contributed by atoms with van der Waals surface area (Å²) in [5.41, 5.74) is 0.422. The monoisotopic (exact) mass is 461 g/mol. The summed E-state index contributed by atoms with van der Waals surface area (Å²) in [7, 11) is -3.64. The van der Waals surface area contributed by atoms with E-state index in [0.717, 1.165) is 25.7 Å². The first kappa shape index (κ1) is 23.7. The van der Waals surface area contributed by atoms with E-state index < -0.39 is 28.5 Å². The molecule has 1 N–H and O–H groups in total. The standard InChI is InChI=1S/C22H27N3O6S/c1-2-30-21-19(11-8-12-23-21)22(27)31-16-20(26)24-17-9-7-10-18(15-17)32(28,29)25-13-5-3-4-6-14-25/h7-12,15H,2-6,13-14,16H2,1H3,(H,24,26). The third-order valence-corrected chi connectivity index (χ3v) is 6.82. The molecule has 0 bridgehead atoms. The summed E-state index contributed by atoms with van der Waals surface area (Å²) < 4.78 is 37.8. The summed E-state index contributed by atoms with van der Waals surface area (Å²) in [6, 6.07) is 9.12. The van der Waals surface area contributed by atoms with Crippen LogP contribution in [0.2, 0.25) is 0 Å². The van der Waals surface area contributed by atoms with Crippen molar-refractivity contribution in [1.29, 1.82) is 0 Å². The van der Waals surface area contributed by atoms with Gasteiger partial charge < -0.3 is 14.8 Å². The van der Waals surface area contributed by atoms with Crippen molar-refractivity contribution >= 4 is 27.6 Å². The lowest BCUT2D eigenvalue weighted by molar-refractivity contribution is -0.119. The van der Waals surface area contributed by atoms with Crippen molar-refractivity contribution in [1.82, 2.24) is 9.29 Å². The summed E-state index contributed by atoms with van der Waals surface area (Å²) in [6.07, 6.45) is 5.20. The number of benzene rings is 1. The molecule has 1 fully saturated rings. The van der Waals surface area contributed by atoms with Crippen LogP contribution in [-0.4, -0.2) is 55.9 Å². The van der Waals surface area contributed by atoms with Crippen molar-refractivity contribution in [2.45, 2.75) is 37.5 Å². The van der Waals surface area contributed by atoms with E-state index in [1.165, 1.54) is 28.7 Å². The van der Waals surface area contributed by atoms with Crippen LogP contribution >= 0.6 is 0 Å². The molecule has 1 aliphatic heterocycles. The van der Waals surface area contributed by atoms with E-state index >= 15 is 0 Å². The Balaban J connectivity index is 1.62. The predicted molar refractivity (Wildman–Crippen MR) is 118 cm³/mol. The highest BCUT2D eigenvalue weighted by atomic mass is 32.2. The van der Waals surface area contributed by atoms with E-state index in [1.54, 1.807) is 25.1 Å². The van der Waals surface area contributed by atoms with Gasteiger partial charge in [-0.25, -0.2) is 18.2 Å². The fourth-order valence-corrected chi connectivity index (χ4v) is 4.93. The Morgan fingerprint density at radius 2 is 1.84 bits per heavy atom. The number of anilines is 1. The van der Waals surface area contributed by atoms with E-state index in [4.69, 9.17) is 9.47 Å². The van der Waals surface area contributed by atoms with Gasteiger partial charge in [-0.05, 0) is 50.1 Å². The molecule has 0 atom stereocenters. The lowest BCUT2D eigenvalue weighted by Gasteiger charge is -2.20. The summed E-state index contributed by atoms with van der Waals surface area (Å²) in [4.78, 5) is 28.6. The molecule has 0 radical (unpaired) electrons. The predicted octanol–water partition coefficient (Wildman–Crippen LogP) is 2.84. The molecule has 0 spiro atoms. The van der Waals surface area contributed by atoms with Crippen LogP contribution in [0, 0.1) is 0 Å². The fourth-order valence-electron chi connectivity index (χ4n) is 3.37. The lowest BCUT2D eigenvalue weighted by atomic mass is 10.2. The number of carbonyl (C=O) groups is 2. The fraction of sp³-hybridized carbons (Fsp3) is 0.409. The number of hydrogen-bond donors (Lipinski definition) is 1. The first-order chi connectivity index (χ1) is 15.4. The summed E-state index contributed by atoms with van der Waals surface area (Å²) in [5, 5.41) is 2.57. The lowest BCUT2D eigenvalue weighted by Crippen LogP contribution is -2.32. The molecule has 0 aliphatic carbocycles. The molecule has 172 valence electrons. The van der Waals surface area contributed by atoms with E-state index in [1.807, 2.05) is 0 Å². The molecule has 9 nitrogen and oxygen atoms in total. The second kappa shape index (κ2) is 11.1. The van der Waals surface area contributed by atoms with Crippen molar-refractivity contribution in [3.05, 3.63) is 48.2 Å². The van der Waals surface area contributed by atoms with Crippen LogP contribution in [0.15, 0.2) is 47.5 Å². The quantitative estimate of drug-likeness (QED) is 0.601. The van der Waals surface area contributed by atoms with Crippen LogP contribution < -0.4 is 10.1 Å². The zero-order valence-electron chi connectivity index (χ0n) is 18.0. The molecular formula is C22H27N3O6S. The van der Waals surface area contributed by atoms with E-state index in [0.29, 0.717) is 25.4 Å². The maximum Gasteiger partial charge on any atom is 0.344 e. The number of carbonyl (C=O) groups excluding carboxylic acids is 2. The number of hydrogen-bond acceptors (Lipinski definition) is 7.